The molecule has 1 fully saturated rings. The van der Waals surface area contributed by atoms with E-state index in [0.29, 0.717) is 12.3 Å². The summed E-state index contributed by atoms with van der Waals surface area (Å²) in [4.78, 5) is 32.9. The topological polar surface area (TPSA) is 90.7 Å². The molecule has 0 saturated heterocycles. The van der Waals surface area contributed by atoms with E-state index in [0.717, 1.165) is 38.6 Å². The first-order valence-corrected chi connectivity index (χ1v) is 8.15. The molecule has 23 heavy (non-hydrogen) atoms. The normalized spacial score (nSPS) is 17.0. The van der Waals surface area contributed by atoms with Crippen LogP contribution < -0.4 is 11.2 Å². The summed E-state index contributed by atoms with van der Waals surface area (Å²) in [5.74, 6) is -0.253. The standard InChI is InChI=1S/C16H26N4O3/c1-11(17-9-10-19(2)3)13-14(21)18-16(23)20(15(13)22)12-7-5-4-6-8-12/h12,22H,4-10H2,1-3H3,(H,18,21,23). The minimum Gasteiger partial charge on any atom is -0.494 e. The Morgan fingerprint density at radius 3 is 2.57 bits per heavy atom. The highest BCUT2D eigenvalue weighted by Gasteiger charge is 2.23. The third-order valence-corrected chi connectivity index (χ3v) is 4.32. The van der Waals surface area contributed by atoms with Crippen molar-refractivity contribution in [3.8, 4) is 5.88 Å². The molecule has 0 amide bonds. The highest BCUT2D eigenvalue weighted by Crippen LogP contribution is 2.30. The van der Waals surface area contributed by atoms with Gasteiger partial charge in [0.05, 0.1) is 6.54 Å². The van der Waals surface area contributed by atoms with Crippen molar-refractivity contribution in [1.29, 1.82) is 0 Å². The third-order valence-electron chi connectivity index (χ3n) is 4.32. The molecule has 0 spiro atoms. The lowest BCUT2D eigenvalue weighted by atomic mass is 9.95. The summed E-state index contributed by atoms with van der Waals surface area (Å²) in [6.07, 6.45) is 4.89. The van der Waals surface area contributed by atoms with Crippen molar-refractivity contribution in [2.24, 2.45) is 4.99 Å². The van der Waals surface area contributed by atoms with Crippen LogP contribution in [0, 0.1) is 0 Å². The number of likely N-dealkylation sites (N-methyl/N-ethyl adjacent to an activating group) is 1. The zero-order chi connectivity index (χ0) is 17.0. The molecule has 0 bridgehead atoms. The van der Waals surface area contributed by atoms with Crippen LogP contribution in [0.4, 0.5) is 0 Å². The van der Waals surface area contributed by atoms with Crippen LogP contribution in [0.15, 0.2) is 14.6 Å². The molecule has 1 aromatic rings. The molecular formula is C16H26N4O3. The number of aromatic amines is 1. The quantitative estimate of drug-likeness (QED) is 0.795. The van der Waals surface area contributed by atoms with E-state index in [1.165, 1.54) is 4.57 Å². The van der Waals surface area contributed by atoms with E-state index in [2.05, 4.69) is 9.98 Å². The molecule has 0 atom stereocenters. The summed E-state index contributed by atoms with van der Waals surface area (Å²) in [5, 5.41) is 10.5. The van der Waals surface area contributed by atoms with Crippen LogP contribution in [0.25, 0.3) is 0 Å². The van der Waals surface area contributed by atoms with Gasteiger partial charge >= 0.3 is 5.69 Å². The van der Waals surface area contributed by atoms with Gasteiger partial charge in [-0.15, -0.1) is 0 Å². The Morgan fingerprint density at radius 1 is 1.30 bits per heavy atom. The fourth-order valence-corrected chi connectivity index (χ4v) is 3.04. The van der Waals surface area contributed by atoms with Crippen LogP contribution in [-0.4, -0.2) is 52.5 Å². The number of nitrogens with one attached hydrogen (secondary N) is 1. The van der Waals surface area contributed by atoms with Crippen molar-refractivity contribution >= 4 is 5.71 Å². The predicted octanol–water partition coefficient (Wildman–Crippen LogP) is 1.12. The molecule has 7 heteroatoms. The van der Waals surface area contributed by atoms with Crippen LogP contribution in [0.3, 0.4) is 0 Å². The van der Waals surface area contributed by atoms with E-state index < -0.39 is 11.2 Å². The van der Waals surface area contributed by atoms with Crippen molar-refractivity contribution in [2.75, 3.05) is 27.2 Å². The lowest BCUT2D eigenvalue weighted by Gasteiger charge is -2.25. The van der Waals surface area contributed by atoms with Gasteiger partial charge < -0.3 is 10.0 Å². The van der Waals surface area contributed by atoms with E-state index in [4.69, 9.17) is 0 Å². The number of nitrogens with zero attached hydrogens (tertiary/aromatic N) is 3. The number of H-pyrrole nitrogens is 1. The summed E-state index contributed by atoms with van der Waals surface area (Å²) in [6.45, 7) is 2.97. The monoisotopic (exact) mass is 322 g/mol. The molecule has 1 aliphatic carbocycles. The molecule has 7 nitrogen and oxygen atoms in total. The SMILES string of the molecule is CC(=NCCN(C)C)c1c(O)n(C2CCCCC2)c(=O)[nH]c1=O. The van der Waals surface area contributed by atoms with E-state index in [1.807, 2.05) is 19.0 Å². The van der Waals surface area contributed by atoms with Gasteiger partial charge in [0.25, 0.3) is 5.56 Å². The molecule has 128 valence electrons. The van der Waals surface area contributed by atoms with Gasteiger partial charge in [-0.2, -0.15) is 0 Å². The second kappa shape index (κ2) is 7.59. The van der Waals surface area contributed by atoms with Crippen LogP contribution in [0.5, 0.6) is 5.88 Å². The predicted molar refractivity (Wildman–Crippen MR) is 90.7 cm³/mol. The van der Waals surface area contributed by atoms with Crippen molar-refractivity contribution in [2.45, 2.75) is 45.1 Å². The Bertz CT molecular complexity index is 682. The molecule has 0 radical (unpaired) electrons. The van der Waals surface area contributed by atoms with Crippen molar-refractivity contribution in [1.82, 2.24) is 14.5 Å². The van der Waals surface area contributed by atoms with Gasteiger partial charge in [-0.1, -0.05) is 19.3 Å². The number of aromatic hydroxyl groups is 1. The highest BCUT2D eigenvalue weighted by molar-refractivity contribution is 6.00. The van der Waals surface area contributed by atoms with Gasteiger partial charge in [0, 0.05) is 18.3 Å². The van der Waals surface area contributed by atoms with Gasteiger partial charge in [-0.3, -0.25) is 19.3 Å². The lowest BCUT2D eigenvalue weighted by molar-refractivity contribution is 0.298. The van der Waals surface area contributed by atoms with E-state index in [-0.39, 0.29) is 17.5 Å². The highest BCUT2D eigenvalue weighted by atomic mass is 16.3. The maximum absolute atomic E-state index is 12.1. The van der Waals surface area contributed by atoms with Gasteiger partial charge in [0.15, 0.2) is 0 Å². The largest absolute Gasteiger partial charge is 0.494 e. The summed E-state index contributed by atoms with van der Waals surface area (Å²) in [6, 6.07) is -0.0542. The maximum atomic E-state index is 12.1. The van der Waals surface area contributed by atoms with Gasteiger partial charge in [0.1, 0.15) is 5.56 Å². The average molecular weight is 322 g/mol. The number of rotatable bonds is 5. The first-order valence-electron chi connectivity index (χ1n) is 8.15. The zero-order valence-electron chi connectivity index (χ0n) is 14.1. The number of hydrogen-bond donors (Lipinski definition) is 2. The number of hydrogen-bond acceptors (Lipinski definition) is 5. The molecule has 1 heterocycles. The Hall–Kier alpha value is -1.89. The summed E-state index contributed by atoms with van der Waals surface area (Å²) >= 11 is 0. The van der Waals surface area contributed by atoms with Crippen molar-refractivity contribution < 1.29 is 5.11 Å². The first-order chi connectivity index (χ1) is 10.9. The molecule has 0 aromatic carbocycles. The summed E-state index contributed by atoms with van der Waals surface area (Å²) in [5.41, 5.74) is -0.556. The minimum atomic E-state index is -0.578. The molecular weight excluding hydrogens is 296 g/mol. The van der Waals surface area contributed by atoms with Crippen molar-refractivity contribution in [3.05, 3.63) is 26.4 Å². The Kier molecular flexibility index (Phi) is 5.76. The van der Waals surface area contributed by atoms with Gasteiger partial charge in [-0.25, -0.2) is 4.79 Å². The number of aliphatic imine (C=N–C) groups is 1. The number of aromatic nitrogens is 2. The molecule has 2 N–H and O–H groups in total. The Morgan fingerprint density at radius 2 is 1.96 bits per heavy atom. The van der Waals surface area contributed by atoms with Crippen LogP contribution in [-0.2, 0) is 0 Å². The average Bonchev–Trinajstić information content (AvgIpc) is 2.47. The summed E-state index contributed by atoms with van der Waals surface area (Å²) in [7, 11) is 3.89. The van der Waals surface area contributed by atoms with Gasteiger partial charge in [-0.05, 0) is 33.9 Å². The van der Waals surface area contributed by atoms with Crippen molar-refractivity contribution in [3.63, 3.8) is 0 Å². The summed E-state index contributed by atoms with van der Waals surface area (Å²) < 4.78 is 1.33. The van der Waals surface area contributed by atoms with Crippen LogP contribution in [0.2, 0.25) is 0 Å². The maximum Gasteiger partial charge on any atom is 0.331 e. The van der Waals surface area contributed by atoms with E-state index in [1.54, 1.807) is 6.92 Å². The molecule has 0 unspecified atom stereocenters. The molecule has 0 aliphatic heterocycles. The second-order valence-electron chi connectivity index (χ2n) is 6.39. The smallest absolute Gasteiger partial charge is 0.331 e. The molecule has 2 rings (SSSR count). The lowest BCUT2D eigenvalue weighted by Crippen LogP contribution is -2.36. The first kappa shape index (κ1) is 17.5. The molecule has 1 aromatic heterocycles. The second-order valence-corrected chi connectivity index (χ2v) is 6.39. The van der Waals surface area contributed by atoms with E-state index >= 15 is 0 Å². The zero-order valence-corrected chi connectivity index (χ0v) is 14.1. The Labute approximate surface area is 135 Å². The Balaban J connectivity index is 2.40. The molecule has 1 aliphatic rings. The van der Waals surface area contributed by atoms with Gasteiger partial charge in [0.2, 0.25) is 5.88 Å². The van der Waals surface area contributed by atoms with Crippen LogP contribution in [0.1, 0.15) is 50.6 Å². The fraction of sp³-hybridized carbons (Fsp3) is 0.688. The van der Waals surface area contributed by atoms with Crippen LogP contribution >= 0.6 is 0 Å². The third kappa shape index (κ3) is 4.10. The molecule has 1 saturated carbocycles. The fourth-order valence-electron chi connectivity index (χ4n) is 3.04. The minimum absolute atomic E-state index is 0.0542. The van der Waals surface area contributed by atoms with E-state index in [9.17, 15) is 14.7 Å².